The van der Waals surface area contributed by atoms with Crippen LogP contribution in [-0.2, 0) is 13.0 Å². The van der Waals surface area contributed by atoms with Crippen LogP contribution in [0.1, 0.15) is 12.5 Å². The molecule has 1 aromatic carbocycles. The maximum Gasteiger partial charge on any atom is 0.0682 e. The predicted octanol–water partition coefficient (Wildman–Crippen LogP) is 2.07. The van der Waals surface area contributed by atoms with E-state index in [1.807, 2.05) is 16.9 Å². The van der Waals surface area contributed by atoms with Crippen LogP contribution in [0.25, 0.3) is 11.3 Å². The topological polar surface area (TPSA) is 43.8 Å². The van der Waals surface area contributed by atoms with Crippen molar-refractivity contribution in [1.82, 2.24) is 9.78 Å². The Hall–Kier alpha value is -1.61. The van der Waals surface area contributed by atoms with E-state index in [4.69, 9.17) is 5.73 Å². The lowest BCUT2D eigenvalue weighted by molar-refractivity contribution is 0.631. The molecule has 0 unspecified atom stereocenters. The Morgan fingerprint density at radius 3 is 2.56 bits per heavy atom. The molecule has 2 N–H and O–H groups in total. The molecule has 84 valence electrons. The van der Waals surface area contributed by atoms with Gasteiger partial charge in [-0.2, -0.15) is 5.10 Å². The summed E-state index contributed by atoms with van der Waals surface area (Å²) in [5.41, 5.74) is 9.24. The molecule has 0 saturated heterocycles. The number of nitrogens with zero attached hydrogens (tertiary/aromatic N) is 2. The highest BCUT2D eigenvalue weighted by atomic mass is 15.3. The maximum atomic E-state index is 5.55. The van der Waals surface area contributed by atoms with E-state index in [2.05, 4.69) is 36.3 Å². The number of benzene rings is 1. The van der Waals surface area contributed by atoms with Gasteiger partial charge in [0.05, 0.1) is 12.2 Å². The zero-order valence-electron chi connectivity index (χ0n) is 9.56. The molecule has 0 spiro atoms. The van der Waals surface area contributed by atoms with E-state index in [0.29, 0.717) is 6.54 Å². The van der Waals surface area contributed by atoms with Crippen molar-refractivity contribution in [3.63, 3.8) is 0 Å². The zero-order valence-corrected chi connectivity index (χ0v) is 9.56. The first kappa shape index (κ1) is 10.9. The lowest BCUT2D eigenvalue weighted by atomic mass is 10.1. The third-order valence-electron chi connectivity index (χ3n) is 2.72. The Labute approximate surface area is 95.9 Å². The third kappa shape index (κ3) is 2.14. The number of hydrogen-bond donors (Lipinski definition) is 1. The van der Waals surface area contributed by atoms with E-state index in [1.54, 1.807) is 0 Å². The highest BCUT2D eigenvalue weighted by molar-refractivity contribution is 5.59. The molecule has 0 aliphatic rings. The summed E-state index contributed by atoms with van der Waals surface area (Å²) < 4.78 is 1.95. The number of aromatic nitrogens is 2. The van der Waals surface area contributed by atoms with Gasteiger partial charge in [0.2, 0.25) is 0 Å². The molecule has 0 radical (unpaired) electrons. The van der Waals surface area contributed by atoms with E-state index >= 15 is 0 Å². The van der Waals surface area contributed by atoms with Gasteiger partial charge in [-0.1, -0.05) is 31.2 Å². The van der Waals surface area contributed by atoms with Gasteiger partial charge >= 0.3 is 0 Å². The quantitative estimate of drug-likeness (QED) is 0.848. The number of aryl methyl sites for hydroxylation is 1. The van der Waals surface area contributed by atoms with Crippen LogP contribution >= 0.6 is 0 Å². The molecule has 0 amide bonds. The van der Waals surface area contributed by atoms with Gasteiger partial charge < -0.3 is 5.73 Å². The van der Waals surface area contributed by atoms with Gasteiger partial charge in [0.25, 0.3) is 0 Å². The summed E-state index contributed by atoms with van der Waals surface area (Å²) in [4.78, 5) is 0. The lowest BCUT2D eigenvalue weighted by Gasteiger charge is -2.06. The molecule has 0 fully saturated rings. The number of hydrogen-bond acceptors (Lipinski definition) is 2. The van der Waals surface area contributed by atoms with E-state index in [0.717, 1.165) is 18.7 Å². The van der Waals surface area contributed by atoms with Crippen LogP contribution in [0.5, 0.6) is 0 Å². The van der Waals surface area contributed by atoms with Crippen molar-refractivity contribution in [2.45, 2.75) is 19.9 Å². The van der Waals surface area contributed by atoms with Crippen LogP contribution in [0.3, 0.4) is 0 Å². The van der Waals surface area contributed by atoms with Crippen LogP contribution < -0.4 is 5.73 Å². The zero-order chi connectivity index (χ0) is 11.4. The summed E-state index contributed by atoms with van der Waals surface area (Å²) in [5, 5.41) is 4.26. The summed E-state index contributed by atoms with van der Waals surface area (Å²) in [5.74, 6) is 0. The molecule has 3 nitrogen and oxygen atoms in total. The SMILES string of the molecule is CCc1ccc(-c2ccnn2CCN)cc1. The molecule has 2 aromatic rings. The Morgan fingerprint density at radius 2 is 1.94 bits per heavy atom. The Morgan fingerprint density at radius 1 is 1.19 bits per heavy atom. The van der Waals surface area contributed by atoms with Crippen LogP contribution in [0.4, 0.5) is 0 Å². The lowest BCUT2D eigenvalue weighted by Crippen LogP contribution is -2.11. The summed E-state index contributed by atoms with van der Waals surface area (Å²) in [7, 11) is 0. The van der Waals surface area contributed by atoms with Crippen molar-refractivity contribution in [2.24, 2.45) is 5.73 Å². The molecule has 0 saturated carbocycles. The Balaban J connectivity index is 2.31. The summed E-state index contributed by atoms with van der Waals surface area (Å²) in [6.45, 7) is 3.53. The fraction of sp³-hybridized carbons (Fsp3) is 0.308. The van der Waals surface area contributed by atoms with Crippen LogP contribution in [0.15, 0.2) is 36.5 Å². The van der Waals surface area contributed by atoms with Crippen molar-refractivity contribution in [3.8, 4) is 11.3 Å². The first-order valence-electron chi connectivity index (χ1n) is 5.66. The molecular weight excluding hydrogens is 198 g/mol. The molecule has 3 heteroatoms. The fourth-order valence-corrected chi connectivity index (χ4v) is 1.79. The first-order valence-corrected chi connectivity index (χ1v) is 5.66. The van der Waals surface area contributed by atoms with Gasteiger partial charge in [0, 0.05) is 12.7 Å². The fourth-order valence-electron chi connectivity index (χ4n) is 1.79. The van der Waals surface area contributed by atoms with E-state index in [9.17, 15) is 0 Å². The van der Waals surface area contributed by atoms with Crippen LogP contribution in [0, 0.1) is 0 Å². The number of nitrogens with two attached hydrogens (primary N) is 1. The smallest absolute Gasteiger partial charge is 0.0682 e. The minimum atomic E-state index is 0.613. The highest BCUT2D eigenvalue weighted by Gasteiger charge is 2.04. The molecule has 1 aromatic heterocycles. The second-order valence-electron chi connectivity index (χ2n) is 3.78. The van der Waals surface area contributed by atoms with Gasteiger partial charge in [0.1, 0.15) is 0 Å². The monoisotopic (exact) mass is 215 g/mol. The van der Waals surface area contributed by atoms with Crippen molar-refractivity contribution in [3.05, 3.63) is 42.1 Å². The van der Waals surface area contributed by atoms with Gasteiger partial charge in [0.15, 0.2) is 0 Å². The van der Waals surface area contributed by atoms with E-state index in [-0.39, 0.29) is 0 Å². The first-order chi connectivity index (χ1) is 7.85. The van der Waals surface area contributed by atoms with Gasteiger partial charge in [-0.05, 0) is 23.6 Å². The van der Waals surface area contributed by atoms with Crippen molar-refractivity contribution in [2.75, 3.05) is 6.54 Å². The summed E-state index contributed by atoms with van der Waals surface area (Å²) >= 11 is 0. The van der Waals surface area contributed by atoms with Crippen molar-refractivity contribution >= 4 is 0 Å². The van der Waals surface area contributed by atoms with Gasteiger partial charge in [-0.15, -0.1) is 0 Å². The normalized spacial score (nSPS) is 10.6. The predicted molar refractivity (Wildman–Crippen MR) is 66.1 cm³/mol. The minimum Gasteiger partial charge on any atom is -0.329 e. The van der Waals surface area contributed by atoms with Gasteiger partial charge in [-0.3, -0.25) is 4.68 Å². The Bertz CT molecular complexity index is 442. The molecule has 16 heavy (non-hydrogen) atoms. The van der Waals surface area contributed by atoms with Crippen LogP contribution in [-0.4, -0.2) is 16.3 Å². The van der Waals surface area contributed by atoms with Crippen molar-refractivity contribution in [1.29, 1.82) is 0 Å². The molecule has 0 atom stereocenters. The second kappa shape index (κ2) is 4.94. The average molecular weight is 215 g/mol. The minimum absolute atomic E-state index is 0.613. The molecule has 0 bridgehead atoms. The van der Waals surface area contributed by atoms with E-state index in [1.165, 1.54) is 11.1 Å². The Kier molecular flexibility index (Phi) is 3.37. The van der Waals surface area contributed by atoms with E-state index < -0.39 is 0 Å². The van der Waals surface area contributed by atoms with Crippen LogP contribution in [0.2, 0.25) is 0 Å². The standard InChI is InChI=1S/C13H17N3/c1-2-11-3-5-12(6-4-11)13-7-9-15-16(13)10-8-14/h3-7,9H,2,8,10,14H2,1H3. The summed E-state index contributed by atoms with van der Waals surface area (Å²) in [6, 6.07) is 10.6. The largest absolute Gasteiger partial charge is 0.329 e. The number of rotatable bonds is 4. The maximum absolute atomic E-state index is 5.55. The van der Waals surface area contributed by atoms with Crippen molar-refractivity contribution < 1.29 is 0 Å². The average Bonchev–Trinajstić information content (AvgIpc) is 2.78. The molecule has 2 rings (SSSR count). The van der Waals surface area contributed by atoms with Gasteiger partial charge in [-0.25, -0.2) is 0 Å². The molecular formula is C13H17N3. The molecule has 0 aliphatic carbocycles. The molecule has 1 heterocycles. The highest BCUT2D eigenvalue weighted by Crippen LogP contribution is 2.19. The third-order valence-corrected chi connectivity index (χ3v) is 2.72. The molecule has 0 aliphatic heterocycles. The summed E-state index contributed by atoms with van der Waals surface area (Å²) in [6.07, 6.45) is 2.89. The second-order valence-corrected chi connectivity index (χ2v) is 3.78.